The fourth-order valence-electron chi connectivity index (χ4n) is 2.20. The van der Waals surface area contributed by atoms with Crippen molar-refractivity contribution in [2.75, 3.05) is 0 Å². The van der Waals surface area contributed by atoms with Gasteiger partial charge in [0.1, 0.15) is 5.82 Å². The molecule has 21 heavy (non-hydrogen) atoms. The number of fused-ring (bicyclic) bond motifs is 1. The molecule has 0 saturated carbocycles. The fourth-order valence-corrected chi connectivity index (χ4v) is 3.68. The van der Waals surface area contributed by atoms with Gasteiger partial charge in [0, 0.05) is 16.0 Å². The Balaban J connectivity index is 1.89. The van der Waals surface area contributed by atoms with Crippen LogP contribution >= 0.6 is 34.5 Å². The van der Waals surface area contributed by atoms with E-state index in [2.05, 4.69) is 0 Å². The Labute approximate surface area is 135 Å². The van der Waals surface area contributed by atoms with Gasteiger partial charge < -0.3 is 5.11 Å². The van der Waals surface area contributed by atoms with Crippen molar-refractivity contribution in [3.8, 4) is 0 Å². The molecule has 0 aliphatic rings. The maximum absolute atomic E-state index is 13.2. The number of hydrogen-bond donors (Lipinski definition) is 1. The van der Waals surface area contributed by atoms with Gasteiger partial charge in [0.2, 0.25) is 0 Å². The standard InChI is InChI=1S/C16H11Cl2FOS/c17-12-3-1-2-10(16(12)18)6-13(20)15-7-9-4-5-11(19)8-14(9)21-15/h1-5,7-8,13,20H,6H2. The van der Waals surface area contributed by atoms with E-state index in [1.807, 2.05) is 12.1 Å². The van der Waals surface area contributed by atoms with Crippen molar-refractivity contribution in [2.24, 2.45) is 0 Å². The summed E-state index contributed by atoms with van der Waals surface area (Å²) in [5.74, 6) is -0.275. The number of rotatable bonds is 3. The van der Waals surface area contributed by atoms with Crippen molar-refractivity contribution in [3.05, 3.63) is 68.8 Å². The Kier molecular flexibility index (Phi) is 4.18. The quantitative estimate of drug-likeness (QED) is 0.655. The molecule has 0 amide bonds. The summed E-state index contributed by atoms with van der Waals surface area (Å²) < 4.78 is 14.0. The van der Waals surface area contributed by atoms with Crippen molar-refractivity contribution < 1.29 is 9.50 Å². The Morgan fingerprint density at radius 2 is 1.95 bits per heavy atom. The fraction of sp³-hybridized carbons (Fsp3) is 0.125. The predicted molar refractivity (Wildman–Crippen MR) is 86.9 cm³/mol. The van der Waals surface area contributed by atoms with Crippen LogP contribution in [0.1, 0.15) is 16.5 Å². The molecular formula is C16H11Cl2FOS. The van der Waals surface area contributed by atoms with Crippen molar-refractivity contribution in [3.63, 3.8) is 0 Å². The Morgan fingerprint density at radius 1 is 1.14 bits per heavy atom. The molecule has 0 spiro atoms. The van der Waals surface area contributed by atoms with Crippen LogP contribution in [0.3, 0.4) is 0 Å². The van der Waals surface area contributed by atoms with Crippen LogP contribution < -0.4 is 0 Å². The van der Waals surface area contributed by atoms with Gasteiger partial charge in [-0.05, 0) is 35.2 Å². The highest BCUT2D eigenvalue weighted by molar-refractivity contribution is 7.19. The van der Waals surface area contributed by atoms with Crippen molar-refractivity contribution in [2.45, 2.75) is 12.5 Å². The Hall–Kier alpha value is -1.13. The molecular weight excluding hydrogens is 330 g/mol. The highest BCUT2D eigenvalue weighted by Crippen LogP contribution is 2.34. The van der Waals surface area contributed by atoms with E-state index in [0.29, 0.717) is 16.5 Å². The summed E-state index contributed by atoms with van der Waals surface area (Å²) in [6.07, 6.45) is -0.323. The van der Waals surface area contributed by atoms with Crippen molar-refractivity contribution in [1.82, 2.24) is 0 Å². The largest absolute Gasteiger partial charge is 0.387 e. The second-order valence-corrected chi connectivity index (χ2v) is 6.66. The van der Waals surface area contributed by atoms with E-state index in [1.165, 1.54) is 23.5 Å². The molecule has 0 fully saturated rings. The topological polar surface area (TPSA) is 20.2 Å². The molecule has 0 radical (unpaired) electrons. The summed E-state index contributed by atoms with van der Waals surface area (Å²) in [7, 11) is 0. The lowest BCUT2D eigenvalue weighted by Crippen LogP contribution is -2.00. The minimum Gasteiger partial charge on any atom is -0.387 e. The number of hydrogen-bond acceptors (Lipinski definition) is 2. The summed E-state index contributed by atoms with van der Waals surface area (Å²) in [5.41, 5.74) is 0.792. The van der Waals surface area contributed by atoms with Crippen LogP contribution in [0.4, 0.5) is 4.39 Å². The van der Waals surface area contributed by atoms with Crippen LogP contribution in [-0.2, 0) is 6.42 Å². The number of thiophene rings is 1. The van der Waals surface area contributed by atoms with Gasteiger partial charge in [-0.15, -0.1) is 11.3 Å². The van der Waals surface area contributed by atoms with Gasteiger partial charge >= 0.3 is 0 Å². The van der Waals surface area contributed by atoms with Crippen LogP contribution in [0.5, 0.6) is 0 Å². The minimum atomic E-state index is -0.693. The van der Waals surface area contributed by atoms with Crippen LogP contribution in [-0.4, -0.2) is 5.11 Å². The molecule has 3 aromatic rings. The first kappa shape index (κ1) is 14.8. The molecule has 5 heteroatoms. The van der Waals surface area contributed by atoms with Gasteiger partial charge in [-0.2, -0.15) is 0 Å². The zero-order valence-corrected chi connectivity index (χ0v) is 13.1. The zero-order valence-electron chi connectivity index (χ0n) is 10.8. The van der Waals surface area contributed by atoms with Gasteiger partial charge in [0.05, 0.1) is 16.1 Å². The Bertz CT molecular complexity index is 800. The summed E-state index contributed by atoms with van der Waals surface area (Å²) in [6, 6.07) is 11.8. The highest BCUT2D eigenvalue weighted by atomic mass is 35.5. The molecule has 0 aliphatic heterocycles. The molecule has 0 bridgehead atoms. The van der Waals surface area contributed by atoms with E-state index < -0.39 is 6.10 Å². The third-order valence-corrected chi connectivity index (χ3v) is 5.33. The van der Waals surface area contributed by atoms with Gasteiger partial charge in [0.15, 0.2) is 0 Å². The van der Waals surface area contributed by atoms with Gasteiger partial charge in [0.25, 0.3) is 0 Å². The van der Waals surface area contributed by atoms with E-state index in [9.17, 15) is 9.50 Å². The maximum atomic E-state index is 13.2. The van der Waals surface area contributed by atoms with Gasteiger partial charge in [-0.25, -0.2) is 4.39 Å². The minimum absolute atomic E-state index is 0.275. The average molecular weight is 341 g/mol. The number of aliphatic hydroxyl groups is 1. The van der Waals surface area contributed by atoms with Crippen LogP contribution in [0, 0.1) is 5.82 Å². The van der Waals surface area contributed by atoms with E-state index >= 15 is 0 Å². The third kappa shape index (κ3) is 3.06. The monoisotopic (exact) mass is 340 g/mol. The van der Waals surface area contributed by atoms with E-state index in [0.717, 1.165) is 20.5 Å². The molecule has 2 aromatic carbocycles. The molecule has 1 unspecified atom stereocenters. The van der Waals surface area contributed by atoms with Crippen LogP contribution in [0.2, 0.25) is 10.0 Å². The summed E-state index contributed by atoms with van der Waals surface area (Å²) in [4.78, 5) is 0.784. The van der Waals surface area contributed by atoms with E-state index in [1.54, 1.807) is 18.2 Å². The second-order valence-electron chi connectivity index (χ2n) is 4.76. The summed E-state index contributed by atoms with van der Waals surface area (Å²) in [5, 5.41) is 12.2. The first-order chi connectivity index (χ1) is 10.0. The Morgan fingerprint density at radius 3 is 2.76 bits per heavy atom. The normalized spacial score (nSPS) is 12.8. The van der Waals surface area contributed by atoms with Crippen molar-refractivity contribution in [1.29, 1.82) is 0 Å². The molecule has 0 saturated heterocycles. The van der Waals surface area contributed by atoms with Crippen molar-refractivity contribution >= 4 is 44.6 Å². The highest BCUT2D eigenvalue weighted by Gasteiger charge is 2.15. The number of aliphatic hydroxyl groups excluding tert-OH is 1. The summed E-state index contributed by atoms with van der Waals surface area (Å²) in [6.45, 7) is 0. The summed E-state index contributed by atoms with van der Waals surface area (Å²) >= 11 is 13.5. The van der Waals surface area contributed by atoms with Gasteiger partial charge in [-0.3, -0.25) is 0 Å². The molecule has 0 aliphatic carbocycles. The number of halogens is 3. The maximum Gasteiger partial charge on any atom is 0.124 e. The van der Waals surface area contributed by atoms with Gasteiger partial charge in [-0.1, -0.05) is 41.4 Å². The van der Waals surface area contributed by atoms with E-state index in [-0.39, 0.29) is 5.82 Å². The molecule has 1 nitrogen and oxygen atoms in total. The predicted octanol–water partition coefficient (Wildman–Crippen LogP) is 5.62. The molecule has 3 rings (SSSR count). The third-order valence-electron chi connectivity index (χ3n) is 3.27. The zero-order chi connectivity index (χ0) is 15.0. The SMILES string of the molecule is OC(Cc1cccc(Cl)c1Cl)c1cc2ccc(F)cc2s1. The first-order valence-electron chi connectivity index (χ1n) is 6.34. The molecule has 108 valence electrons. The number of benzene rings is 2. The molecule has 1 heterocycles. The first-order valence-corrected chi connectivity index (χ1v) is 7.92. The lowest BCUT2D eigenvalue weighted by Gasteiger charge is -2.10. The lowest BCUT2D eigenvalue weighted by molar-refractivity contribution is 0.182. The lowest BCUT2D eigenvalue weighted by atomic mass is 10.1. The molecule has 1 N–H and O–H groups in total. The molecule has 1 atom stereocenters. The second kappa shape index (κ2) is 5.93. The van der Waals surface area contributed by atoms with E-state index in [4.69, 9.17) is 23.2 Å². The molecule has 1 aromatic heterocycles. The average Bonchev–Trinajstić information content (AvgIpc) is 2.87. The van der Waals surface area contributed by atoms with Crippen LogP contribution in [0.25, 0.3) is 10.1 Å². The van der Waals surface area contributed by atoms with Crippen LogP contribution in [0.15, 0.2) is 42.5 Å². The smallest absolute Gasteiger partial charge is 0.124 e.